The van der Waals surface area contributed by atoms with Gasteiger partial charge < -0.3 is 10.5 Å². The van der Waals surface area contributed by atoms with Gasteiger partial charge in [-0.15, -0.1) is 0 Å². The number of alkyl halides is 3. The molecule has 0 amide bonds. The molecule has 0 saturated carbocycles. The van der Waals surface area contributed by atoms with Crippen LogP contribution in [0, 0.1) is 0 Å². The van der Waals surface area contributed by atoms with E-state index in [1.165, 1.54) is 6.07 Å². The lowest BCUT2D eigenvalue weighted by atomic mass is 10.2. The highest BCUT2D eigenvalue weighted by atomic mass is 35.5. The van der Waals surface area contributed by atoms with Gasteiger partial charge in [-0.3, -0.25) is 0 Å². The van der Waals surface area contributed by atoms with E-state index < -0.39 is 11.7 Å². The second-order valence-corrected chi connectivity index (χ2v) is 4.64. The molecule has 0 spiro atoms. The van der Waals surface area contributed by atoms with Crippen LogP contribution in [0.15, 0.2) is 42.5 Å². The lowest BCUT2D eigenvalue weighted by Gasteiger charge is -2.12. The van der Waals surface area contributed by atoms with Gasteiger partial charge in [-0.05, 0) is 29.8 Å². The predicted molar refractivity (Wildman–Crippen MR) is 71.6 cm³/mol. The Labute approximate surface area is 118 Å². The second-order valence-electron chi connectivity index (χ2n) is 4.21. The van der Waals surface area contributed by atoms with Crippen LogP contribution in [0.5, 0.6) is 5.75 Å². The smallest absolute Gasteiger partial charge is 0.416 e. The van der Waals surface area contributed by atoms with Crippen LogP contribution in [0.2, 0.25) is 5.02 Å². The Morgan fingerprint density at radius 3 is 2.50 bits per heavy atom. The van der Waals surface area contributed by atoms with E-state index in [1.54, 1.807) is 24.3 Å². The first-order valence-corrected chi connectivity index (χ1v) is 6.07. The molecule has 0 unspecified atom stereocenters. The number of nitrogen functional groups attached to an aromatic ring is 1. The summed E-state index contributed by atoms with van der Waals surface area (Å²) < 4.78 is 43.2. The van der Waals surface area contributed by atoms with Crippen LogP contribution in [-0.4, -0.2) is 0 Å². The fraction of sp³-hybridized carbons (Fsp3) is 0.143. The fourth-order valence-electron chi connectivity index (χ4n) is 1.66. The van der Waals surface area contributed by atoms with Gasteiger partial charge in [0.25, 0.3) is 0 Å². The van der Waals surface area contributed by atoms with Crippen molar-refractivity contribution in [1.82, 2.24) is 0 Å². The summed E-state index contributed by atoms with van der Waals surface area (Å²) in [5.74, 6) is 0.0669. The molecule has 0 fully saturated rings. The highest BCUT2D eigenvalue weighted by Gasteiger charge is 2.31. The summed E-state index contributed by atoms with van der Waals surface area (Å²) in [7, 11) is 0. The van der Waals surface area contributed by atoms with Crippen molar-refractivity contribution < 1.29 is 17.9 Å². The minimum atomic E-state index is -4.45. The minimum absolute atomic E-state index is 0.000851. The van der Waals surface area contributed by atoms with Gasteiger partial charge in [0.05, 0.1) is 5.56 Å². The zero-order valence-electron chi connectivity index (χ0n) is 10.2. The lowest BCUT2D eigenvalue weighted by Crippen LogP contribution is -2.06. The third kappa shape index (κ3) is 3.81. The molecule has 106 valence electrons. The third-order valence-corrected chi connectivity index (χ3v) is 2.79. The van der Waals surface area contributed by atoms with Crippen LogP contribution >= 0.6 is 11.6 Å². The van der Waals surface area contributed by atoms with E-state index in [9.17, 15) is 13.2 Å². The molecule has 0 atom stereocenters. The summed E-state index contributed by atoms with van der Waals surface area (Å²) in [5.41, 5.74) is 5.37. The maximum atomic E-state index is 12.6. The molecule has 0 heterocycles. The number of ether oxygens (including phenoxy) is 1. The summed E-state index contributed by atoms with van der Waals surface area (Å²) >= 11 is 5.81. The number of halogens is 4. The van der Waals surface area contributed by atoms with Crippen molar-refractivity contribution in [3.05, 3.63) is 58.6 Å². The highest BCUT2D eigenvalue weighted by molar-refractivity contribution is 6.30. The molecule has 0 aliphatic rings. The van der Waals surface area contributed by atoms with Crippen LogP contribution < -0.4 is 10.5 Å². The van der Waals surface area contributed by atoms with Crippen LogP contribution in [0.3, 0.4) is 0 Å². The van der Waals surface area contributed by atoms with Crippen LogP contribution in [0.25, 0.3) is 0 Å². The van der Waals surface area contributed by atoms with E-state index in [-0.39, 0.29) is 18.0 Å². The molecular weight excluding hydrogens is 291 g/mol. The number of hydrogen-bond acceptors (Lipinski definition) is 2. The van der Waals surface area contributed by atoms with E-state index in [2.05, 4.69) is 0 Å². The van der Waals surface area contributed by atoms with Crippen molar-refractivity contribution in [1.29, 1.82) is 0 Å². The maximum absolute atomic E-state index is 12.6. The number of rotatable bonds is 3. The largest absolute Gasteiger partial charge is 0.489 e. The van der Waals surface area contributed by atoms with E-state index in [0.717, 1.165) is 17.7 Å². The number of benzene rings is 2. The summed E-state index contributed by atoms with van der Waals surface area (Å²) in [5, 5.41) is 0.537. The molecule has 2 aromatic rings. The Hall–Kier alpha value is -1.88. The van der Waals surface area contributed by atoms with Gasteiger partial charge in [0, 0.05) is 16.8 Å². The minimum Gasteiger partial charge on any atom is -0.489 e. The summed E-state index contributed by atoms with van der Waals surface area (Å²) in [6.07, 6.45) is -4.45. The van der Waals surface area contributed by atoms with Crippen molar-refractivity contribution in [2.24, 2.45) is 0 Å². The molecule has 0 bridgehead atoms. The van der Waals surface area contributed by atoms with E-state index in [4.69, 9.17) is 22.1 Å². The SMILES string of the molecule is Nc1cc(OCc2cccc(Cl)c2)cc(C(F)(F)F)c1. The predicted octanol–water partition coefficient (Wildman–Crippen LogP) is 4.52. The van der Waals surface area contributed by atoms with Gasteiger partial charge in [-0.1, -0.05) is 23.7 Å². The van der Waals surface area contributed by atoms with E-state index >= 15 is 0 Å². The summed E-state index contributed by atoms with van der Waals surface area (Å²) in [6, 6.07) is 10.0. The fourth-order valence-corrected chi connectivity index (χ4v) is 1.88. The van der Waals surface area contributed by atoms with Gasteiger partial charge >= 0.3 is 6.18 Å². The van der Waals surface area contributed by atoms with Gasteiger partial charge in [-0.25, -0.2) is 0 Å². The molecule has 2 rings (SSSR count). The van der Waals surface area contributed by atoms with Crippen molar-refractivity contribution in [3.63, 3.8) is 0 Å². The molecule has 0 aliphatic heterocycles. The van der Waals surface area contributed by atoms with Gasteiger partial charge in [0.15, 0.2) is 0 Å². The average molecular weight is 302 g/mol. The van der Waals surface area contributed by atoms with Crippen LogP contribution in [0.4, 0.5) is 18.9 Å². The second kappa shape index (κ2) is 5.63. The van der Waals surface area contributed by atoms with Crippen LogP contribution in [-0.2, 0) is 12.8 Å². The van der Waals surface area contributed by atoms with Crippen molar-refractivity contribution in [2.45, 2.75) is 12.8 Å². The number of anilines is 1. The zero-order valence-corrected chi connectivity index (χ0v) is 11.0. The average Bonchev–Trinajstić information content (AvgIpc) is 2.35. The number of hydrogen-bond donors (Lipinski definition) is 1. The first kappa shape index (κ1) is 14.5. The van der Waals surface area contributed by atoms with Crippen LogP contribution in [0.1, 0.15) is 11.1 Å². The van der Waals surface area contributed by atoms with E-state index in [0.29, 0.717) is 5.02 Å². The molecule has 0 aromatic heterocycles. The molecule has 0 saturated heterocycles. The third-order valence-electron chi connectivity index (χ3n) is 2.55. The molecule has 20 heavy (non-hydrogen) atoms. The highest BCUT2D eigenvalue weighted by Crippen LogP contribution is 2.33. The van der Waals surface area contributed by atoms with Crippen molar-refractivity contribution in [2.75, 3.05) is 5.73 Å². The summed E-state index contributed by atoms with van der Waals surface area (Å²) in [4.78, 5) is 0. The molecule has 2 aromatic carbocycles. The molecular formula is C14H11ClF3NO. The Morgan fingerprint density at radius 2 is 1.85 bits per heavy atom. The molecule has 0 aliphatic carbocycles. The lowest BCUT2D eigenvalue weighted by molar-refractivity contribution is -0.137. The van der Waals surface area contributed by atoms with Crippen molar-refractivity contribution in [3.8, 4) is 5.75 Å². The monoisotopic (exact) mass is 301 g/mol. The standard InChI is InChI=1S/C14H11ClF3NO/c15-11-3-1-2-9(4-11)8-20-13-6-10(14(16,17)18)5-12(19)7-13/h1-7H,8,19H2. The molecule has 6 heteroatoms. The molecule has 2 N–H and O–H groups in total. The topological polar surface area (TPSA) is 35.2 Å². The van der Waals surface area contributed by atoms with Crippen molar-refractivity contribution >= 4 is 17.3 Å². The van der Waals surface area contributed by atoms with Gasteiger partial charge in [0.1, 0.15) is 12.4 Å². The number of nitrogens with two attached hydrogens (primary N) is 1. The Balaban J connectivity index is 2.16. The van der Waals surface area contributed by atoms with Gasteiger partial charge in [0.2, 0.25) is 0 Å². The molecule has 2 nitrogen and oxygen atoms in total. The molecule has 0 radical (unpaired) electrons. The normalized spacial score (nSPS) is 11.4. The maximum Gasteiger partial charge on any atom is 0.416 e. The van der Waals surface area contributed by atoms with Gasteiger partial charge in [-0.2, -0.15) is 13.2 Å². The first-order chi connectivity index (χ1) is 9.34. The Morgan fingerprint density at radius 1 is 1.10 bits per heavy atom. The first-order valence-electron chi connectivity index (χ1n) is 5.69. The zero-order chi connectivity index (χ0) is 14.8. The quantitative estimate of drug-likeness (QED) is 0.846. The Kier molecular flexibility index (Phi) is 4.09. The Bertz CT molecular complexity index is 614. The van der Waals surface area contributed by atoms with E-state index in [1.807, 2.05) is 0 Å². The summed E-state index contributed by atoms with van der Waals surface area (Å²) in [6.45, 7) is 0.112.